The maximum absolute atomic E-state index is 12.2. The number of rotatable bonds is 4. The first-order valence-electron chi connectivity index (χ1n) is 6.30. The topological polar surface area (TPSA) is 84.3 Å². The average Bonchev–Trinajstić information content (AvgIpc) is 2.35. The molecule has 22 heavy (non-hydrogen) atoms. The molecule has 0 fully saturated rings. The van der Waals surface area contributed by atoms with E-state index in [9.17, 15) is 14.9 Å². The lowest BCUT2D eigenvalue weighted by Crippen LogP contribution is -2.58. The summed E-state index contributed by atoms with van der Waals surface area (Å²) in [6.07, 6.45) is -0.968. The molecule has 0 spiro atoms. The van der Waals surface area contributed by atoms with Crippen molar-refractivity contribution in [1.82, 2.24) is 10.6 Å². The van der Waals surface area contributed by atoms with Crippen molar-refractivity contribution in [2.45, 2.75) is 36.3 Å². The summed E-state index contributed by atoms with van der Waals surface area (Å²) in [5, 5.41) is 16.2. The first-order valence-corrected chi connectivity index (χ1v) is 7.43. The van der Waals surface area contributed by atoms with E-state index in [-0.39, 0.29) is 11.3 Å². The van der Waals surface area contributed by atoms with Crippen LogP contribution in [0.15, 0.2) is 24.3 Å². The second-order valence-electron chi connectivity index (χ2n) is 5.65. The number of carbonyl (C=O) groups excluding carboxylic acids is 1. The van der Waals surface area contributed by atoms with E-state index in [1.165, 1.54) is 18.2 Å². The SMILES string of the molecule is CC(C)(C)N[C@H](NC(=O)c1cccc([N+](=O)[O-])c1)C(Cl)(Cl)Cl. The normalized spacial score (nSPS) is 13.5. The molecule has 0 saturated heterocycles. The molecular weight excluding hydrogens is 353 g/mol. The van der Waals surface area contributed by atoms with Gasteiger partial charge in [0.15, 0.2) is 0 Å². The van der Waals surface area contributed by atoms with Crippen LogP contribution in [0.3, 0.4) is 0 Å². The van der Waals surface area contributed by atoms with Gasteiger partial charge in [-0.3, -0.25) is 20.2 Å². The van der Waals surface area contributed by atoms with Gasteiger partial charge in [-0.2, -0.15) is 0 Å². The summed E-state index contributed by atoms with van der Waals surface area (Å²) in [7, 11) is 0. The summed E-state index contributed by atoms with van der Waals surface area (Å²) in [6, 6.07) is 5.29. The highest BCUT2D eigenvalue weighted by molar-refractivity contribution is 6.68. The Morgan fingerprint density at radius 1 is 1.27 bits per heavy atom. The minimum atomic E-state index is -1.79. The van der Waals surface area contributed by atoms with E-state index in [4.69, 9.17) is 34.8 Å². The van der Waals surface area contributed by atoms with Crippen LogP contribution in [0.4, 0.5) is 5.69 Å². The van der Waals surface area contributed by atoms with E-state index in [0.717, 1.165) is 6.07 Å². The van der Waals surface area contributed by atoms with Crippen molar-refractivity contribution in [3.05, 3.63) is 39.9 Å². The summed E-state index contributed by atoms with van der Waals surface area (Å²) in [5.41, 5.74) is -0.518. The highest BCUT2D eigenvalue weighted by Gasteiger charge is 2.36. The fraction of sp³-hybridized carbons (Fsp3) is 0.462. The molecule has 1 aromatic rings. The molecule has 122 valence electrons. The molecule has 1 amide bonds. The molecule has 0 bridgehead atoms. The minimum Gasteiger partial charge on any atom is -0.333 e. The molecule has 1 atom stereocenters. The number of nitrogens with zero attached hydrogens (tertiary/aromatic N) is 1. The van der Waals surface area contributed by atoms with Crippen molar-refractivity contribution < 1.29 is 9.72 Å². The molecule has 0 radical (unpaired) electrons. The molecule has 9 heteroatoms. The molecule has 1 rings (SSSR count). The predicted octanol–water partition coefficient (Wildman–Crippen LogP) is 3.41. The number of halogens is 3. The van der Waals surface area contributed by atoms with Crippen LogP contribution in [-0.2, 0) is 0 Å². The fourth-order valence-electron chi connectivity index (χ4n) is 1.61. The highest BCUT2D eigenvalue weighted by atomic mass is 35.6. The molecule has 0 aliphatic heterocycles. The number of amides is 1. The number of nitro groups is 1. The summed E-state index contributed by atoms with van der Waals surface area (Å²) in [5.74, 6) is -0.586. The van der Waals surface area contributed by atoms with Crippen LogP contribution in [0.2, 0.25) is 0 Å². The minimum absolute atomic E-state index is 0.101. The number of nitrogens with one attached hydrogen (secondary N) is 2. The standard InChI is InChI=1S/C13H16Cl3N3O3/c1-12(2,3)18-11(13(14,15)16)17-10(20)8-5-4-6-9(7-8)19(21)22/h4-7,11,18H,1-3H3,(H,17,20)/t11-/m0/s1. The third-order valence-corrected chi connectivity index (χ3v) is 3.15. The molecule has 1 aromatic carbocycles. The number of carbonyl (C=O) groups is 1. The quantitative estimate of drug-likeness (QED) is 0.369. The van der Waals surface area contributed by atoms with Gasteiger partial charge in [-0.15, -0.1) is 0 Å². The first kappa shape index (κ1) is 19.0. The van der Waals surface area contributed by atoms with Crippen LogP contribution in [0.5, 0.6) is 0 Å². The van der Waals surface area contributed by atoms with E-state index < -0.39 is 26.3 Å². The molecule has 6 nitrogen and oxygen atoms in total. The van der Waals surface area contributed by atoms with E-state index in [1.54, 1.807) is 0 Å². The smallest absolute Gasteiger partial charge is 0.270 e. The molecule has 0 saturated carbocycles. The van der Waals surface area contributed by atoms with Crippen molar-refractivity contribution in [3.63, 3.8) is 0 Å². The number of alkyl halides is 3. The zero-order valence-corrected chi connectivity index (χ0v) is 14.5. The van der Waals surface area contributed by atoms with Gasteiger partial charge in [-0.05, 0) is 26.8 Å². The van der Waals surface area contributed by atoms with E-state index in [1.807, 2.05) is 20.8 Å². The van der Waals surface area contributed by atoms with Crippen molar-refractivity contribution in [1.29, 1.82) is 0 Å². The fourth-order valence-corrected chi connectivity index (χ4v) is 1.94. The van der Waals surface area contributed by atoms with Gasteiger partial charge in [0.25, 0.3) is 11.6 Å². The Morgan fingerprint density at radius 2 is 1.86 bits per heavy atom. The van der Waals surface area contributed by atoms with Crippen LogP contribution < -0.4 is 10.6 Å². The Kier molecular flexibility index (Phi) is 6.03. The number of non-ortho nitro benzene ring substituents is 1. The van der Waals surface area contributed by atoms with Gasteiger partial charge in [0.1, 0.15) is 6.17 Å². The van der Waals surface area contributed by atoms with Crippen LogP contribution in [-0.4, -0.2) is 26.3 Å². The van der Waals surface area contributed by atoms with Crippen LogP contribution in [0.1, 0.15) is 31.1 Å². The van der Waals surface area contributed by atoms with Crippen LogP contribution >= 0.6 is 34.8 Å². The average molecular weight is 369 g/mol. The Morgan fingerprint density at radius 3 is 2.32 bits per heavy atom. The highest BCUT2D eigenvalue weighted by Crippen LogP contribution is 2.30. The maximum Gasteiger partial charge on any atom is 0.270 e. The Balaban J connectivity index is 2.96. The summed E-state index contributed by atoms with van der Waals surface area (Å²) < 4.78 is -1.79. The summed E-state index contributed by atoms with van der Waals surface area (Å²) in [4.78, 5) is 22.4. The third kappa shape index (κ3) is 5.96. The van der Waals surface area contributed by atoms with Crippen molar-refractivity contribution >= 4 is 46.4 Å². The first-order chi connectivity index (χ1) is 9.90. The van der Waals surface area contributed by atoms with Crippen molar-refractivity contribution in [2.24, 2.45) is 0 Å². The van der Waals surface area contributed by atoms with E-state index in [0.29, 0.717) is 0 Å². The molecule has 0 aromatic heterocycles. The zero-order valence-electron chi connectivity index (χ0n) is 12.2. The van der Waals surface area contributed by atoms with Gasteiger partial charge in [-0.1, -0.05) is 40.9 Å². The lowest BCUT2D eigenvalue weighted by Gasteiger charge is -2.33. The monoisotopic (exact) mass is 367 g/mol. The lowest BCUT2D eigenvalue weighted by molar-refractivity contribution is -0.384. The largest absolute Gasteiger partial charge is 0.333 e. The summed E-state index contributed by atoms with van der Waals surface area (Å²) >= 11 is 17.6. The second kappa shape index (κ2) is 7.00. The molecule has 2 N–H and O–H groups in total. The molecule has 0 aliphatic carbocycles. The molecule has 0 unspecified atom stereocenters. The Bertz CT molecular complexity index is 568. The second-order valence-corrected chi connectivity index (χ2v) is 8.02. The van der Waals surface area contributed by atoms with Crippen molar-refractivity contribution in [3.8, 4) is 0 Å². The number of hydrogen-bond acceptors (Lipinski definition) is 4. The molecular formula is C13H16Cl3N3O3. The van der Waals surface area contributed by atoms with Crippen LogP contribution in [0, 0.1) is 10.1 Å². The van der Waals surface area contributed by atoms with Gasteiger partial charge in [0.05, 0.1) is 4.92 Å². The number of hydrogen-bond donors (Lipinski definition) is 2. The molecule has 0 aliphatic rings. The van der Waals surface area contributed by atoms with E-state index in [2.05, 4.69) is 10.6 Å². The van der Waals surface area contributed by atoms with Gasteiger partial charge in [-0.25, -0.2) is 0 Å². The van der Waals surface area contributed by atoms with E-state index >= 15 is 0 Å². The molecule has 0 heterocycles. The van der Waals surface area contributed by atoms with Crippen LogP contribution in [0.25, 0.3) is 0 Å². The van der Waals surface area contributed by atoms with Gasteiger partial charge >= 0.3 is 0 Å². The predicted molar refractivity (Wildman–Crippen MR) is 87.5 cm³/mol. The Labute approximate surface area is 143 Å². The Hall–Kier alpha value is -1.08. The number of benzene rings is 1. The van der Waals surface area contributed by atoms with Gasteiger partial charge in [0, 0.05) is 23.2 Å². The number of nitro benzene ring substituents is 1. The zero-order chi connectivity index (χ0) is 17.1. The maximum atomic E-state index is 12.2. The van der Waals surface area contributed by atoms with Crippen molar-refractivity contribution in [2.75, 3.05) is 0 Å². The summed E-state index contributed by atoms with van der Waals surface area (Å²) in [6.45, 7) is 5.53. The third-order valence-electron chi connectivity index (χ3n) is 2.50. The van der Waals surface area contributed by atoms with Gasteiger partial charge in [0.2, 0.25) is 3.79 Å². The van der Waals surface area contributed by atoms with Gasteiger partial charge < -0.3 is 5.32 Å². The lowest BCUT2D eigenvalue weighted by atomic mass is 10.1.